The van der Waals surface area contributed by atoms with E-state index in [1.165, 1.54) is 16.7 Å². The van der Waals surface area contributed by atoms with Crippen molar-refractivity contribution in [2.24, 2.45) is 11.8 Å². The molecule has 10 heteroatoms. The van der Waals surface area contributed by atoms with Crippen molar-refractivity contribution in [2.75, 3.05) is 11.6 Å². The van der Waals surface area contributed by atoms with Gasteiger partial charge in [0.05, 0.1) is 0 Å². The highest BCUT2D eigenvalue weighted by atomic mass is 32.2. The fourth-order valence-electron chi connectivity index (χ4n) is 3.94. The van der Waals surface area contributed by atoms with E-state index in [1.54, 1.807) is 13.1 Å². The molecule has 1 aromatic carbocycles. The summed E-state index contributed by atoms with van der Waals surface area (Å²) in [7, 11) is -3.37. The summed E-state index contributed by atoms with van der Waals surface area (Å²) in [6.07, 6.45) is 4.24. The van der Waals surface area contributed by atoms with Crippen LogP contribution in [0.2, 0.25) is 0 Å². The molecule has 0 aliphatic heterocycles. The molecule has 1 aromatic heterocycles. The van der Waals surface area contributed by atoms with Crippen LogP contribution < -0.4 is 16.2 Å². The number of nitrogens with one attached hydrogen (secondary N) is 2. The van der Waals surface area contributed by atoms with Crippen LogP contribution in [0.4, 0.5) is 10.5 Å². The molecule has 0 unspecified atom stereocenters. The highest BCUT2D eigenvalue weighted by Gasteiger charge is 2.26. The molecule has 0 aliphatic carbocycles. The number of anilines is 1. The minimum atomic E-state index is -3.37. The molecule has 9 nitrogen and oxygen atoms in total. The summed E-state index contributed by atoms with van der Waals surface area (Å²) < 4.78 is 29.9. The smallest absolute Gasteiger partial charge is 0.412 e. The van der Waals surface area contributed by atoms with Gasteiger partial charge in [0.15, 0.2) is 9.84 Å². The molecule has 38 heavy (non-hydrogen) atoms. The first kappa shape index (κ1) is 30.8. The zero-order valence-corrected chi connectivity index (χ0v) is 23.7. The Morgan fingerprint density at radius 1 is 1.05 bits per heavy atom. The number of hydrogen-bond acceptors (Lipinski definition) is 6. The van der Waals surface area contributed by atoms with E-state index >= 15 is 0 Å². The Morgan fingerprint density at radius 3 is 2.26 bits per heavy atom. The number of benzene rings is 1. The van der Waals surface area contributed by atoms with Gasteiger partial charge >= 0.3 is 6.09 Å². The lowest BCUT2D eigenvalue weighted by Gasteiger charge is -2.25. The third kappa shape index (κ3) is 10.5. The number of carbonyl (C=O) groups is 2. The van der Waals surface area contributed by atoms with Crippen molar-refractivity contribution in [3.05, 3.63) is 75.6 Å². The van der Waals surface area contributed by atoms with E-state index in [0.29, 0.717) is 18.4 Å². The molecule has 0 saturated carbocycles. The van der Waals surface area contributed by atoms with E-state index in [4.69, 9.17) is 4.74 Å². The minimum absolute atomic E-state index is 0.000297. The lowest BCUT2D eigenvalue weighted by molar-refractivity contribution is -0.125. The SMILES string of the molecule is Cc1cc(NC(=O)OCc2ccccc2)c(=O)n([C@H](CC(C)C)C(=O)N[C@H](/C=C/S(C)(=O)=O)CC(C)C)c1. The monoisotopic (exact) mass is 545 g/mol. The Hall–Kier alpha value is -3.40. The first-order chi connectivity index (χ1) is 17.7. The van der Waals surface area contributed by atoms with Gasteiger partial charge in [0, 0.05) is 23.9 Å². The van der Waals surface area contributed by atoms with E-state index in [-0.39, 0.29) is 24.1 Å². The zero-order valence-electron chi connectivity index (χ0n) is 22.9. The lowest BCUT2D eigenvalue weighted by Crippen LogP contribution is -2.43. The van der Waals surface area contributed by atoms with Gasteiger partial charge in [-0.2, -0.15) is 0 Å². The quantitative estimate of drug-likeness (QED) is 0.402. The van der Waals surface area contributed by atoms with Crippen molar-refractivity contribution in [1.82, 2.24) is 9.88 Å². The van der Waals surface area contributed by atoms with Crippen molar-refractivity contribution >= 4 is 27.5 Å². The van der Waals surface area contributed by atoms with Crippen LogP contribution >= 0.6 is 0 Å². The second-order valence-electron chi connectivity index (χ2n) is 10.4. The molecule has 2 rings (SSSR count). The third-order valence-electron chi connectivity index (χ3n) is 5.57. The normalized spacial score (nSPS) is 13.5. The van der Waals surface area contributed by atoms with Crippen LogP contribution in [0.1, 0.15) is 57.7 Å². The maximum atomic E-state index is 13.5. The van der Waals surface area contributed by atoms with Crippen molar-refractivity contribution in [2.45, 2.75) is 66.2 Å². The van der Waals surface area contributed by atoms with Gasteiger partial charge in [0.25, 0.3) is 5.56 Å². The topological polar surface area (TPSA) is 124 Å². The van der Waals surface area contributed by atoms with Gasteiger partial charge < -0.3 is 14.6 Å². The van der Waals surface area contributed by atoms with Crippen LogP contribution in [0.25, 0.3) is 0 Å². The number of hydrogen-bond donors (Lipinski definition) is 2. The lowest BCUT2D eigenvalue weighted by atomic mass is 10.00. The van der Waals surface area contributed by atoms with E-state index in [1.807, 2.05) is 58.0 Å². The van der Waals surface area contributed by atoms with E-state index < -0.39 is 39.5 Å². The summed E-state index contributed by atoms with van der Waals surface area (Å²) >= 11 is 0. The first-order valence-corrected chi connectivity index (χ1v) is 14.6. The third-order valence-corrected chi connectivity index (χ3v) is 6.22. The summed E-state index contributed by atoms with van der Waals surface area (Å²) in [5, 5.41) is 6.50. The standard InChI is InChI=1S/C28H39N3O6S/c1-19(2)14-23(12-13-38(6,35)36)29-26(32)25(15-20(3)4)31-17-21(5)16-24(27(31)33)30-28(34)37-18-22-10-8-7-9-11-22/h7-13,16-17,19-20,23,25H,14-15,18H2,1-6H3,(H,29,32)(H,30,34)/b13-12+/t23-,25-/m1/s1. The molecule has 0 radical (unpaired) electrons. The summed E-state index contributed by atoms with van der Waals surface area (Å²) in [4.78, 5) is 39.3. The minimum Gasteiger partial charge on any atom is -0.444 e. The van der Waals surface area contributed by atoms with Crippen LogP contribution in [0.15, 0.2) is 58.9 Å². The number of ether oxygens (including phenoxy) is 1. The highest BCUT2D eigenvalue weighted by molar-refractivity contribution is 7.93. The van der Waals surface area contributed by atoms with E-state index in [2.05, 4.69) is 10.6 Å². The number of aromatic nitrogens is 1. The average molecular weight is 546 g/mol. The second-order valence-corrected chi connectivity index (χ2v) is 12.3. The molecule has 2 atom stereocenters. The average Bonchev–Trinajstić information content (AvgIpc) is 2.81. The van der Waals surface area contributed by atoms with Crippen molar-refractivity contribution in [3.63, 3.8) is 0 Å². The maximum absolute atomic E-state index is 13.5. The molecule has 208 valence electrons. The Morgan fingerprint density at radius 2 is 1.68 bits per heavy atom. The van der Waals surface area contributed by atoms with Crippen LogP contribution in [0.5, 0.6) is 0 Å². The fourth-order valence-corrected chi connectivity index (χ4v) is 4.41. The number of amides is 2. The van der Waals surface area contributed by atoms with Crippen LogP contribution in [0, 0.1) is 18.8 Å². The first-order valence-electron chi connectivity index (χ1n) is 12.6. The van der Waals surface area contributed by atoms with Crippen LogP contribution in [-0.2, 0) is 26.0 Å². The molecule has 0 aliphatic rings. The highest BCUT2D eigenvalue weighted by Crippen LogP contribution is 2.20. The van der Waals surface area contributed by atoms with Crippen LogP contribution in [0.3, 0.4) is 0 Å². The molecular weight excluding hydrogens is 506 g/mol. The Bertz CT molecular complexity index is 1280. The number of nitrogens with zero attached hydrogens (tertiary/aromatic N) is 1. The molecule has 0 fully saturated rings. The van der Waals surface area contributed by atoms with Gasteiger partial charge in [-0.05, 0) is 48.8 Å². The molecule has 1 heterocycles. The Balaban J connectivity index is 2.32. The van der Waals surface area contributed by atoms with Gasteiger partial charge in [-0.25, -0.2) is 13.2 Å². The van der Waals surface area contributed by atoms with E-state index in [0.717, 1.165) is 17.2 Å². The molecule has 0 saturated heterocycles. The molecular formula is C28H39N3O6S. The summed E-state index contributed by atoms with van der Waals surface area (Å²) in [6.45, 7) is 9.63. The zero-order chi connectivity index (χ0) is 28.5. The Kier molecular flexibility index (Phi) is 11.3. The van der Waals surface area contributed by atoms with Crippen molar-refractivity contribution in [3.8, 4) is 0 Å². The molecule has 2 N–H and O–H groups in total. The number of pyridine rings is 1. The van der Waals surface area contributed by atoms with Crippen molar-refractivity contribution < 1.29 is 22.7 Å². The van der Waals surface area contributed by atoms with Gasteiger partial charge in [-0.1, -0.05) is 64.1 Å². The Labute approximate surface area is 225 Å². The molecule has 0 bridgehead atoms. The number of aryl methyl sites for hydroxylation is 1. The van der Waals surface area contributed by atoms with Crippen LogP contribution in [-0.4, -0.2) is 37.3 Å². The van der Waals surface area contributed by atoms with Gasteiger partial charge in [0.2, 0.25) is 5.91 Å². The summed E-state index contributed by atoms with van der Waals surface area (Å²) in [5.74, 6) is -0.152. The number of sulfone groups is 1. The predicted molar refractivity (Wildman–Crippen MR) is 150 cm³/mol. The predicted octanol–water partition coefficient (Wildman–Crippen LogP) is 4.58. The molecule has 2 amide bonds. The van der Waals surface area contributed by atoms with Gasteiger partial charge in [-0.15, -0.1) is 0 Å². The molecule has 0 spiro atoms. The maximum Gasteiger partial charge on any atom is 0.412 e. The largest absolute Gasteiger partial charge is 0.444 e. The fraction of sp³-hybridized carbons (Fsp3) is 0.464. The molecule has 2 aromatic rings. The number of carbonyl (C=O) groups excluding carboxylic acids is 2. The second kappa shape index (κ2) is 13.9. The number of rotatable bonds is 12. The van der Waals surface area contributed by atoms with Crippen molar-refractivity contribution in [1.29, 1.82) is 0 Å². The van der Waals surface area contributed by atoms with Gasteiger partial charge in [-0.3, -0.25) is 14.9 Å². The summed E-state index contributed by atoms with van der Waals surface area (Å²) in [5.41, 5.74) is 0.930. The van der Waals surface area contributed by atoms with Gasteiger partial charge in [0.1, 0.15) is 18.3 Å². The van der Waals surface area contributed by atoms with E-state index in [9.17, 15) is 22.8 Å². The summed E-state index contributed by atoms with van der Waals surface area (Å²) in [6, 6.07) is 9.29.